The van der Waals surface area contributed by atoms with Crippen LogP contribution in [0.1, 0.15) is 16.7 Å². The van der Waals surface area contributed by atoms with Crippen LogP contribution in [0, 0.1) is 0 Å². The number of anilines is 1. The van der Waals surface area contributed by atoms with E-state index < -0.39 is 0 Å². The first-order chi connectivity index (χ1) is 14.2. The molecule has 1 aromatic heterocycles. The van der Waals surface area contributed by atoms with E-state index in [0.717, 1.165) is 41.5 Å². The van der Waals surface area contributed by atoms with Crippen molar-refractivity contribution in [1.29, 1.82) is 0 Å². The molecular weight excluding hydrogens is 368 g/mol. The average molecular weight is 388 g/mol. The second-order valence-corrected chi connectivity index (χ2v) is 7.80. The molecule has 1 unspecified atom stereocenters. The van der Waals surface area contributed by atoms with Gasteiger partial charge in [-0.15, -0.1) is 0 Å². The van der Waals surface area contributed by atoms with E-state index in [-0.39, 0.29) is 11.0 Å². The zero-order valence-electron chi connectivity index (χ0n) is 15.8. The van der Waals surface area contributed by atoms with Gasteiger partial charge >= 0.3 is 0 Å². The average Bonchev–Trinajstić information content (AvgIpc) is 3.27. The first-order valence-corrected chi connectivity index (χ1v) is 9.82. The number of fused-ring (bicyclic) bond motifs is 5. The van der Waals surface area contributed by atoms with Crippen molar-refractivity contribution in [2.75, 3.05) is 31.3 Å². The summed E-state index contributed by atoms with van der Waals surface area (Å²) < 4.78 is 17.7. The summed E-state index contributed by atoms with van der Waals surface area (Å²) in [7, 11) is 0. The van der Waals surface area contributed by atoms with Crippen molar-refractivity contribution in [3.63, 3.8) is 0 Å². The van der Waals surface area contributed by atoms with Gasteiger partial charge in [-0.05, 0) is 23.3 Å². The highest BCUT2D eigenvalue weighted by Crippen LogP contribution is 2.54. The number of hydrogen-bond donors (Lipinski definition) is 1. The molecule has 3 aliphatic rings. The second-order valence-electron chi connectivity index (χ2n) is 7.80. The van der Waals surface area contributed by atoms with Gasteiger partial charge in [-0.2, -0.15) is 0 Å². The Balaban J connectivity index is 1.44. The highest BCUT2D eigenvalue weighted by atomic mass is 16.6. The van der Waals surface area contributed by atoms with E-state index in [1.54, 1.807) is 12.3 Å². The van der Waals surface area contributed by atoms with Crippen LogP contribution in [-0.2, 0) is 12.0 Å². The molecule has 0 saturated heterocycles. The Bertz CT molecular complexity index is 1150. The fourth-order valence-electron chi connectivity index (χ4n) is 4.75. The smallest absolute Gasteiger partial charge is 0.247 e. The molecule has 0 bridgehead atoms. The number of ether oxygens (including phenoxy) is 3. The monoisotopic (exact) mass is 388 g/mol. The van der Waals surface area contributed by atoms with Crippen LogP contribution >= 0.6 is 0 Å². The van der Waals surface area contributed by atoms with Crippen LogP contribution in [0.5, 0.6) is 17.2 Å². The number of para-hydroxylation sites is 1. The van der Waals surface area contributed by atoms with Gasteiger partial charge in [0.1, 0.15) is 25.6 Å². The van der Waals surface area contributed by atoms with Crippen LogP contribution in [0.3, 0.4) is 0 Å². The normalized spacial score (nSPS) is 21.0. The van der Waals surface area contributed by atoms with Gasteiger partial charge in [0.2, 0.25) is 5.56 Å². The van der Waals surface area contributed by atoms with Gasteiger partial charge in [0.05, 0.1) is 5.41 Å². The van der Waals surface area contributed by atoms with E-state index in [0.29, 0.717) is 19.8 Å². The molecule has 1 atom stereocenters. The molecule has 0 radical (unpaired) electrons. The van der Waals surface area contributed by atoms with Crippen LogP contribution < -0.4 is 24.7 Å². The van der Waals surface area contributed by atoms with Crippen LogP contribution in [0.25, 0.3) is 0 Å². The molecular formula is C23H20N2O4. The second kappa shape index (κ2) is 6.04. The molecule has 4 heterocycles. The zero-order chi connectivity index (χ0) is 19.4. The van der Waals surface area contributed by atoms with Crippen molar-refractivity contribution >= 4 is 5.69 Å². The molecule has 6 nitrogen and oxygen atoms in total. The van der Waals surface area contributed by atoms with Crippen molar-refractivity contribution < 1.29 is 14.2 Å². The fourth-order valence-corrected chi connectivity index (χ4v) is 4.75. The van der Waals surface area contributed by atoms with Gasteiger partial charge in [0.25, 0.3) is 0 Å². The topological polar surface area (TPSA) is 63.8 Å². The van der Waals surface area contributed by atoms with E-state index in [4.69, 9.17) is 14.2 Å². The van der Waals surface area contributed by atoms with Gasteiger partial charge in [-0.25, -0.2) is 0 Å². The molecule has 1 spiro atoms. The molecule has 6 rings (SSSR count). The van der Waals surface area contributed by atoms with Crippen molar-refractivity contribution in [2.45, 2.75) is 12.0 Å². The minimum Gasteiger partial charge on any atom is -0.492 e. The number of rotatable bonds is 2. The molecule has 0 saturated carbocycles. The summed E-state index contributed by atoms with van der Waals surface area (Å²) in [5.41, 5.74) is 4.35. The molecule has 0 aliphatic carbocycles. The van der Waals surface area contributed by atoms with Crippen LogP contribution in [0.4, 0.5) is 5.69 Å². The third-order valence-corrected chi connectivity index (χ3v) is 6.08. The number of nitrogens with one attached hydrogen (secondary N) is 1. The highest BCUT2D eigenvalue weighted by molar-refractivity contribution is 5.70. The summed E-state index contributed by atoms with van der Waals surface area (Å²) in [6.45, 7) is 3.24. The maximum absolute atomic E-state index is 11.4. The molecule has 3 aliphatic heterocycles. The van der Waals surface area contributed by atoms with Crippen molar-refractivity contribution in [3.8, 4) is 17.2 Å². The minimum atomic E-state index is -0.246. The van der Waals surface area contributed by atoms with Gasteiger partial charge in [0, 0.05) is 42.7 Å². The van der Waals surface area contributed by atoms with Crippen LogP contribution in [0.2, 0.25) is 0 Å². The maximum atomic E-state index is 11.4. The van der Waals surface area contributed by atoms with Gasteiger partial charge in [-0.3, -0.25) is 4.79 Å². The lowest BCUT2D eigenvalue weighted by Gasteiger charge is -2.26. The molecule has 29 heavy (non-hydrogen) atoms. The number of aromatic amines is 1. The minimum absolute atomic E-state index is 0.0860. The number of nitrogens with zero attached hydrogens (tertiary/aromatic N) is 1. The molecule has 1 N–H and O–H groups in total. The summed E-state index contributed by atoms with van der Waals surface area (Å²) in [4.78, 5) is 16.5. The lowest BCUT2D eigenvalue weighted by molar-refractivity contribution is 0.171. The Morgan fingerprint density at radius 3 is 2.59 bits per heavy atom. The van der Waals surface area contributed by atoms with Crippen molar-refractivity contribution in [2.24, 2.45) is 0 Å². The van der Waals surface area contributed by atoms with Crippen molar-refractivity contribution in [3.05, 3.63) is 81.8 Å². The highest BCUT2D eigenvalue weighted by Gasteiger charge is 2.50. The van der Waals surface area contributed by atoms with Gasteiger partial charge < -0.3 is 24.1 Å². The quantitative estimate of drug-likeness (QED) is 0.731. The summed E-state index contributed by atoms with van der Waals surface area (Å²) in [5, 5.41) is 0. The molecule has 146 valence electrons. The Morgan fingerprint density at radius 2 is 1.76 bits per heavy atom. The number of pyridine rings is 1. The van der Waals surface area contributed by atoms with E-state index in [1.807, 2.05) is 12.1 Å². The first-order valence-electron chi connectivity index (χ1n) is 9.82. The van der Waals surface area contributed by atoms with E-state index >= 15 is 0 Å². The lowest BCUT2D eigenvalue weighted by atomic mass is 9.77. The molecule has 3 aromatic rings. The molecule has 6 heteroatoms. The zero-order valence-corrected chi connectivity index (χ0v) is 15.8. The van der Waals surface area contributed by atoms with Crippen LogP contribution in [0.15, 0.2) is 59.5 Å². The number of benzene rings is 2. The number of aromatic nitrogens is 1. The van der Waals surface area contributed by atoms with E-state index in [2.05, 4.69) is 40.2 Å². The van der Waals surface area contributed by atoms with Gasteiger partial charge in [-0.1, -0.05) is 24.3 Å². The number of hydrogen-bond acceptors (Lipinski definition) is 5. The number of H-pyrrole nitrogens is 1. The molecule has 2 aromatic carbocycles. The Kier molecular flexibility index (Phi) is 3.45. The van der Waals surface area contributed by atoms with Crippen LogP contribution in [-0.4, -0.2) is 31.3 Å². The molecule has 0 fully saturated rings. The fraction of sp³-hybridized carbons (Fsp3) is 0.261. The van der Waals surface area contributed by atoms with Crippen molar-refractivity contribution in [1.82, 2.24) is 4.98 Å². The Morgan fingerprint density at radius 1 is 0.931 bits per heavy atom. The summed E-state index contributed by atoms with van der Waals surface area (Å²) in [6.07, 6.45) is 1.79. The van der Waals surface area contributed by atoms with E-state index in [1.165, 1.54) is 11.3 Å². The third kappa shape index (κ3) is 2.45. The summed E-state index contributed by atoms with van der Waals surface area (Å²) >= 11 is 0. The van der Waals surface area contributed by atoms with Gasteiger partial charge in [0.15, 0.2) is 11.5 Å². The Hall–Kier alpha value is -3.41. The lowest BCUT2D eigenvalue weighted by Crippen LogP contribution is -2.36. The standard InChI is InChI=1S/C23H20N2O4/c26-22-6-5-15(11-24-22)12-25-13-23(16-3-1-2-4-18(16)25)14-29-19-10-21-20(9-17(19)23)27-7-8-28-21/h1-6,9-11H,7-8,12-14H2,(H,24,26). The molecule has 0 amide bonds. The maximum Gasteiger partial charge on any atom is 0.247 e. The Labute approximate surface area is 167 Å². The summed E-state index contributed by atoms with van der Waals surface area (Å²) in [5.74, 6) is 2.41. The SMILES string of the molecule is O=c1ccc(CN2CC3(COc4cc5c(cc43)OCCO5)c3ccccc32)c[nH]1. The van der Waals surface area contributed by atoms with E-state index in [9.17, 15) is 4.79 Å². The summed E-state index contributed by atoms with van der Waals surface area (Å²) in [6, 6.07) is 16.0. The predicted octanol–water partition coefficient (Wildman–Crippen LogP) is 2.84. The predicted molar refractivity (Wildman–Crippen MR) is 108 cm³/mol. The largest absolute Gasteiger partial charge is 0.492 e. The third-order valence-electron chi connectivity index (χ3n) is 6.08. The first kappa shape index (κ1) is 16.5.